The predicted molar refractivity (Wildman–Crippen MR) is 122 cm³/mol. The number of amides is 1. The van der Waals surface area contributed by atoms with Gasteiger partial charge in [0.1, 0.15) is 10.8 Å². The number of rotatable bonds is 2. The number of aryl methyl sites for hydroxylation is 1. The van der Waals surface area contributed by atoms with E-state index in [-0.39, 0.29) is 17.9 Å². The summed E-state index contributed by atoms with van der Waals surface area (Å²) in [5.41, 5.74) is 3.73. The van der Waals surface area contributed by atoms with Crippen molar-refractivity contribution in [3.63, 3.8) is 0 Å². The summed E-state index contributed by atoms with van der Waals surface area (Å²) in [7, 11) is 0. The van der Waals surface area contributed by atoms with E-state index in [1.54, 1.807) is 11.3 Å². The number of ether oxygens (including phenoxy) is 1. The van der Waals surface area contributed by atoms with E-state index in [1.807, 2.05) is 24.0 Å². The molecule has 1 amide bonds. The van der Waals surface area contributed by atoms with Crippen molar-refractivity contribution in [1.29, 1.82) is 0 Å². The molecule has 2 aromatic heterocycles. The average Bonchev–Trinajstić information content (AvgIpc) is 3.45. The Balaban J connectivity index is 1.41. The molecule has 1 aromatic carbocycles. The van der Waals surface area contributed by atoms with Crippen molar-refractivity contribution in [2.75, 3.05) is 26.3 Å². The van der Waals surface area contributed by atoms with Crippen LogP contribution in [0.2, 0.25) is 5.02 Å². The number of carbonyl (C=O) groups is 1. The first-order valence-electron chi connectivity index (χ1n) is 11.0. The molecular weight excluding hydrogens is 446 g/mol. The monoisotopic (exact) mass is 469 g/mol. The number of morpholine rings is 1. The molecule has 0 saturated carbocycles. The number of aromatic nitrogens is 3. The van der Waals surface area contributed by atoms with Crippen LogP contribution in [0.5, 0.6) is 0 Å². The maximum absolute atomic E-state index is 13.2. The van der Waals surface area contributed by atoms with Gasteiger partial charge in [-0.3, -0.25) is 14.7 Å². The standard InChI is InChI=1S/C23H24ClN5O2S/c1-13-26-27-19-12-25-21(14-2-4-16(24)5-3-14)20-17-10-15(11-18(17)32-23(20)29(13)19)22(30)28-6-8-31-9-7-28/h2-5,15,21,25H,6-12H2,1H3/t15-,21-/m0/s1. The highest BCUT2D eigenvalue weighted by Crippen LogP contribution is 2.46. The third-order valence-corrected chi connectivity index (χ3v) is 8.22. The first kappa shape index (κ1) is 20.4. The SMILES string of the molecule is Cc1nnc2n1-c1sc3c(c1[C@H](c1ccc(Cl)cc1)NC2)C[C@H](C(=O)N1CCOCC1)C3. The first-order valence-corrected chi connectivity index (χ1v) is 12.2. The molecule has 0 spiro atoms. The molecule has 6 rings (SSSR count). The van der Waals surface area contributed by atoms with Crippen LogP contribution in [0.15, 0.2) is 24.3 Å². The van der Waals surface area contributed by atoms with Crippen molar-refractivity contribution in [2.24, 2.45) is 5.92 Å². The van der Waals surface area contributed by atoms with E-state index in [0.29, 0.717) is 32.8 Å². The molecule has 1 fully saturated rings. The third-order valence-electron chi connectivity index (χ3n) is 6.72. The smallest absolute Gasteiger partial charge is 0.226 e. The summed E-state index contributed by atoms with van der Waals surface area (Å²) in [4.78, 5) is 16.5. The molecule has 1 aliphatic carbocycles. The van der Waals surface area contributed by atoms with Crippen LogP contribution in [0.25, 0.3) is 5.00 Å². The number of nitrogens with one attached hydrogen (secondary N) is 1. The molecule has 7 nitrogen and oxygen atoms in total. The van der Waals surface area contributed by atoms with Gasteiger partial charge in [0.25, 0.3) is 0 Å². The van der Waals surface area contributed by atoms with E-state index in [0.717, 1.165) is 35.1 Å². The van der Waals surface area contributed by atoms with Gasteiger partial charge in [0, 0.05) is 34.5 Å². The lowest BCUT2D eigenvalue weighted by atomic mass is 9.94. The Kier molecular flexibility index (Phi) is 5.06. The van der Waals surface area contributed by atoms with Gasteiger partial charge < -0.3 is 9.64 Å². The van der Waals surface area contributed by atoms with Crippen LogP contribution >= 0.6 is 22.9 Å². The van der Waals surface area contributed by atoms with Crippen LogP contribution in [0.1, 0.15) is 39.3 Å². The minimum absolute atomic E-state index is 0.00949. The Morgan fingerprint density at radius 2 is 1.97 bits per heavy atom. The Morgan fingerprint density at radius 3 is 2.75 bits per heavy atom. The van der Waals surface area contributed by atoms with E-state index in [9.17, 15) is 4.79 Å². The summed E-state index contributed by atoms with van der Waals surface area (Å²) < 4.78 is 7.61. The molecule has 2 atom stereocenters. The molecule has 3 aliphatic rings. The Hall–Kier alpha value is -2.26. The van der Waals surface area contributed by atoms with E-state index >= 15 is 0 Å². The molecule has 4 heterocycles. The van der Waals surface area contributed by atoms with Crippen LogP contribution in [-0.2, 0) is 28.9 Å². The van der Waals surface area contributed by atoms with E-state index < -0.39 is 0 Å². The molecule has 3 aromatic rings. The number of carbonyl (C=O) groups excluding carboxylic acids is 1. The number of halogens is 1. The molecule has 0 unspecified atom stereocenters. The maximum atomic E-state index is 13.2. The number of fused-ring (bicyclic) bond motifs is 5. The summed E-state index contributed by atoms with van der Waals surface area (Å²) in [6.45, 7) is 5.28. The zero-order valence-corrected chi connectivity index (χ0v) is 19.4. The number of hydrogen-bond acceptors (Lipinski definition) is 6. The van der Waals surface area contributed by atoms with Gasteiger partial charge in [-0.1, -0.05) is 23.7 Å². The fourth-order valence-electron chi connectivity index (χ4n) is 5.14. The second kappa shape index (κ2) is 7.95. The summed E-state index contributed by atoms with van der Waals surface area (Å²) in [6.07, 6.45) is 1.58. The molecule has 166 valence electrons. The maximum Gasteiger partial charge on any atom is 0.226 e. The lowest BCUT2D eigenvalue weighted by molar-refractivity contribution is -0.139. The minimum Gasteiger partial charge on any atom is -0.378 e. The van der Waals surface area contributed by atoms with Gasteiger partial charge in [0.05, 0.1) is 25.8 Å². The van der Waals surface area contributed by atoms with Crippen molar-refractivity contribution in [1.82, 2.24) is 25.0 Å². The largest absolute Gasteiger partial charge is 0.378 e. The second-order valence-electron chi connectivity index (χ2n) is 8.63. The van der Waals surface area contributed by atoms with E-state index in [4.69, 9.17) is 16.3 Å². The fraction of sp³-hybridized carbons (Fsp3) is 0.435. The van der Waals surface area contributed by atoms with Crippen LogP contribution in [0.3, 0.4) is 0 Å². The Labute approximate surface area is 195 Å². The quantitative estimate of drug-likeness (QED) is 0.624. The van der Waals surface area contributed by atoms with Crippen LogP contribution < -0.4 is 5.32 Å². The van der Waals surface area contributed by atoms with Gasteiger partial charge in [-0.25, -0.2) is 0 Å². The molecular formula is C23H24ClN5O2S. The molecule has 1 N–H and O–H groups in total. The zero-order chi connectivity index (χ0) is 21.8. The van der Waals surface area contributed by atoms with Gasteiger partial charge >= 0.3 is 0 Å². The minimum atomic E-state index is 0.00949. The van der Waals surface area contributed by atoms with E-state index in [1.165, 1.54) is 21.0 Å². The van der Waals surface area contributed by atoms with Gasteiger partial charge in [0.2, 0.25) is 5.91 Å². The first-order chi connectivity index (χ1) is 15.6. The fourth-order valence-corrected chi connectivity index (χ4v) is 6.78. The highest BCUT2D eigenvalue weighted by atomic mass is 35.5. The highest BCUT2D eigenvalue weighted by Gasteiger charge is 2.39. The topological polar surface area (TPSA) is 72.3 Å². The van der Waals surface area contributed by atoms with Gasteiger partial charge in [0.15, 0.2) is 5.82 Å². The van der Waals surface area contributed by atoms with Crippen molar-refractivity contribution in [2.45, 2.75) is 32.4 Å². The molecule has 0 radical (unpaired) electrons. The predicted octanol–water partition coefficient (Wildman–Crippen LogP) is 3.06. The van der Waals surface area contributed by atoms with Gasteiger partial charge in [-0.05, 0) is 43.0 Å². The summed E-state index contributed by atoms with van der Waals surface area (Å²) in [5.74, 6) is 2.08. The summed E-state index contributed by atoms with van der Waals surface area (Å²) in [6, 6.07) is 8.05. The lowest BCUT2D eigenvalue weighted by Crippen LogP contribution is -2.44. The molecule has 1 saturated heterocycles. The van der Waals surface area contributed by atoms with Gasteiger partial charge in [-0.15, -0.1) is 21.5 Å². The lowest BCUT2D eigenvalue weighted by Gasteiger charge is -2.29. The summed E-state index contributed by atoms with van der Waals surface area (Å²) in [5, 5.41) is 14.3. The Bertz CT molecular complexity index is 1180. The number of nitrogens with zero attached hydrogens (tertiary/aromatic N) is 4. The van der Waals surface area contributed by atoms with Crippen LogP contribution in [0, 0.1) is 12.8 Å². The molecule has 2 aliphatic heterocycles. The average molecular weight is 470 g/mol. The van der Waals surface area contributed by atoms with Crippen LogP contribution in [0.4, 0.5) is 0 Å². The number of thiophene rings is 1. The van der Waals surface area contributed by atoms with E-state index in [2.05, 4.69) is 32.2 Å². The Morgan fingerprint density at radius 1 is 1.19 bits per heavy atom. The second-order valence-corrected chi connectivity index (χ2v) is 10.1. The summed E-state index contributed by atoms with van der Waals surface area (Å²) >= 11 is 7.96. The van der Waals surface area contributed by atoms with Crippen molar-refractivity contribution in [3.8, 4) is 5.00 Å². The van der Waals surface area contributed by atoms with Gasteiger partial charge in [-0.2, -0.15) is 0 Å². The third kappa shape index (κ3) is 3.28. The molecule has 32 heavy (non-hydrogen) atoms. The number of benzene rings is 1. The molecule has 0 bridgehead atoms. The van der Waals surface area contributed by atoms with Crippen molar-refractivity contribution >= 4 is 28.8 Å². The zero-order valence-electron chi connectivity index (χ0n) is 17.8. The normalized spacial score (nSPS) is 22.2. The van der Waals surface area contributed by atoms with Crippen LogP contribution in [-0.4, -0.2) is 51.9 Å². The molecule has 9 heteroatoms. The highest BCUT2D eigenvalue weighted by molar-refractivity contribution is 7.15. The number of hydrogen-bond donors (Lipinski definition) is 1. The van der Waals surface area contributed by atoms with Crippen molar-refractivity contribution in [3.05, 3.63) is 62.5 Å². The van der Waals surface area contributed by atoms with Crippen molar-refractivity contribution < 1.29 is 9.53 Å².